The van der Waals surface area contributed by atoms with Crippen molar-refractivity contribution in [2.75, 3.05) is 31.4 Å². The lowest BCUT2D eigenvalue weighted by atomic mass is 10.1. The number of hydrogen-bond acceptors (Lipinski definition) is 6. The van der Waals surface area contributed by atoms with E-state index >= 15 is 0 Å². The molecule has 9 nitrogen and oxygen atoms in total. The quantitative estimate of drug-likeness (QED) is 0.528. The van der Waals surface area contributed by atoms with E-state index in [9.17, 15) is 14.4 Å². The molecule has 0 aliphatic carbocycles. The van der Waals surface area contributed by atoms with Crippen molar-refractivity contribution in [3.8, 4) is 11.5 Å². The van der Waals surface area contributed by atoms with Gasteiger partial charge in [0.2, 0.25) is 11.8 Å². The van der Waals surface area contributed by atoms with E-state index in [1.54, 1.807) is 65.3 Å². The second-order valence-electron chi connectivity index (χ2n) is 8.22. The molecule has 0 aliphatic heterocycles. The number of carbonyl (C=O) groups excluding carboxylic acids is 3. The molecule has 2 aromatic carbocycles. The minimum Gasteiger partial charge on any atom is -0.493 e. The standard InChI is InChI=1S/C24H31N3O6/c1-24(2,3)33-23(30)25-15-22(29)27-18-8-6-7-17(14-18)26-21(28)12-10-16-9-11-19(31-4)20(13-16)32-5/h6-9,11,13-14H,10,12,15H2,1-5H3,(H,25,30)(H,26,28)(H,27,29). The molecule has 0 radical (unpaired) electrons. The number of rotatable bonds is 9. The second kappa shape index (κ2) is 11.8. The Morgan fingerprint density at radius 1 is 0.848 bits per heavy atom. The lowest BCUT2D eigenvalue weighted by molar-refractivity contribution is -0.116. The molecule has 33 heavy (non-hydrogen) atoms. The van der Waals surface area contributed by atoms with Gasteiger partial charge in [0, 0.05) is 17.8 Å². The van der Waals surface area contributed by atoms with Crippen LogP contribution in [-0.4, -0.2) is 44.3 Å². The molecule has 0 spiro atoms. The molecular weight excluding hydrogens is 426 g/mol. The number of amides is 3. The third kappa shape index (κ3) is 9.10. The van der Waals surface area contributed by atoms with Gasteiger partial charge in [-0.15, -0.1) is 0 Å². The second-order valence-corrected chi connectivity index (χ2v) is 8.22. The van der Waals surface area contributed by atoms with E-state index in [-0.39, 0.29) is 18.9 Å². The molecule has 0 bridgehead atoms. The fourth-order valence-electron chi connectivity index (χ4n) is 2.86. The topological polar surface area (TPSA) is 115 Å². The average Bonchev–Trinajstić information content (AvgIpc) is 2.75. The van der Waals surface area contributed by atoms with Crippen molar-refractivity contribution in [2.24, 2.45) is 0 Å². The van der Waals surface area contributed by atoms with Crippen LogP contribution in [0.4, 0.5) is 16.2 Å². The summed E-state index contributed by atoms with van der Waals surface area (Å²) in [5.41, 5.74) is 1.34. The Morgan fingerprint density at radius 2 is 1.48 bits per heavy atom. The highest BCUT2D eigenvalue weighted by Crippen LogP contribution is 2.28. The van der Waals surface area contributed by atoms with Crippen LogP contribution in [0.1, 0.15) is 32.8 Å². The summed E-state index contributed by atoms with van der Waals surface area (Å²) >= 11 is 0. The maximum Gasteiger partial charge on any atom is 0.408 e. The van der Waals surface area contributed by atoms with Crippen LogP contribution in [0.3, 0.4) is 0 Å². The number of nitrogens with one attached hydrogen (secondary N) is 3. The Morgan fingerprint density at radius 3 is 2.09 bits per heavy atom. The smallest absolute Gasteiger partial charge is 0.408 e. The van der Waals surface area contributed by atoms with Crippen molar-refractivity contribution < 1.29 is 28.6 Å². The first-order chi connectivity index (χ1) is 15.6. The van der Waals surface area contributed by atoms with Gasteiger partial charge in [-0.25, -0.2) is 4.79 Å². The lowest BCUT2D eigenvalue weighted by Gasteiger charge is -2.19. The summed E-state index contributed by atoms with van der Waals surface area (Å²) in [5.74, 6) is 0.656. The Balaban J connectivity index is 1.84. The number of methoxy groups -OCH3 is 2. The number of carbonyl (C=O) groups is 3. The van der Waals surface area contributed by atoms with E-state index in [1.165, 1.54) is 0 Å². The predicted octanol–water partition coefficient (Wildman–Crippen LogP) is 3.74. The molecule has 0 atom stereocenters. The van der Waals surface area contributed by atoms with Crippen LogP contribution in [0.5, 0.6) is 11.5 Å². The lowest BCUT2D eigenvalue weighted by Crippen LogP contribution is -2.37. The van der Waals surface area contributed by atoms with Gasteiger partial charge in [0.05, 0.1) is 14.2 Å². The Labute approximate surface area is 193 Å². The molecule has 0 aromatic heterocycles. The third-order valence-electron chi connectivity index (χ3n) is 4.31. The van der Waals surface area contributed by atoms with Gasteiger partial charge >= 0.3 is 6.09 Å². The number of hydrogen-bond donors (Lipinski definition) is 3. The van der Waals surface area contributed by atoms with Crippen LogP contribution in [-0.2, 0) is 20.7 Å². The van der Waals surface area contributed by atoms with Crippen LogP contribution < -0.4 is 25.4 Å². The summed E-state index contributed by atoms with van der Waals surface area (Å²) in [6.07, 6.45) is 0.123. The van der Waals surface area contributed by atoms with Gasteiger partial charge in [0.15, 0.2) is 11.5 Å². The Kier molecular flexibility index (Phi) is 9.08. The predicted molar refractivity (Wildman–Crippen MR) is 126 cm³/mol. The number of alkyl carbamates (subject to hydrolysis) is 1. The largest absolute Gasteiger partial charge is 0.493 e. The van der Waals surface area contributed by atoms with Crippen molar-refractivity contribution in [2.45, 2.75) is 39.2 Å². The zero-order chi connectivity index (χ0) is 24.4. The fourth-order valence-corrected chi connectivity index (χ4v) is 2.86. The molecule has 3 N–H and O–H groups in total. The van der Waals surface area contributed by atoms with Crippen LogP contribution in [0.25, 0.3) is 0 Å². The van der Waals surface area contributed by atoms with E-state index < -0.39 is 17.6 Å². The van der Waals surface area contributed by atoms with Crippen molar-refractivity contribution in [3.63, 3.8) is 0 Å². The van der Waals surface area contributed by atoms with E-state index in [1.807, 2.05) is 12.1 Å². The summed E-state index contributed by atoms with van der Waals surface area (Å²) in [7, 11) is 3.13. The SMILES string of the molecule is COc1ccc(CCC(=O)Nc2cccc(NC(=O)CNC(=O)OC(C)(C)C)c2)cc1OC. The number of benzene rings is 2. The minimum atomic E-state index is -0.673. The van der Waals surface area contributed by atoms with Gasteiger partial charge in [-0.1, -0.05) is 12.1 Å². The molecule has 178 valence electrons. The molecule has 0 unspecified atom stereocenters. The van der Waals surface area contributed by atoms with Crippen molar-refractivity contribution in [1.29, 1.82) is 0 Å². The van der Waals surface area contributed by atoms with E-state index in [2.05, 4.69) is 16.0 Å². The minimum absolute atomic E-state index is 0.167. The highest BCUT2D eigenvalue weighted by molar-refractivity contribution is 5.95. The molecule has 0 saturated heterocycles. The van der Waals surface area contributed by atoms with Gasteiger partial charge in [-0.2, -0.15) is 0 Å². The normalized spacial score (nSPS) is 10.7. The molecule has 2 rings (SSSR count). The van der Waals surface area contributed by atoms with Crippen molar-refractivity contribution in [3.05, 3.63) is 48.0 Å². The summed E-state index contributed by atoms with van der Waals surface area (Å²) in [6.45, 7) is 4.97. The van der Waals surface area contributed by atoms with Gasteiger partial charge in [0.25, 0.3) is 0 Å². The average molecular weight is 458 g/mol. The zero-order valence-electron chi connectivity index (χ0n) is 19.6. The van der Waals surface area contributed by atoms with Crippen LogP contribution >= 0.6 is 0 Å². The first-order valence-corrected chi connectivity index (χ1v) is 10.5. The molecule has 0 fully saturated rings. The van der Waals surface area contributed by atoms with E-state index in [0.717, 1.165) is 5.56 Å². The molecule has 3 amide bonds. The molecule has 0 saturated carbocycles. The van der Waals surface area contributed by atoms with Crippen LogP contribution in [0.15, 0.2) is 42.5 Å². The highest BCUT2D eigenvalue weighted by Gasteiger charge is 2.16. The molecule has 2 aromatic rings. The molecule has 9 heteroatoms. The summed E-state index contributed by atoms with van der Waals surface area (Å²) in [5, 5.41) is 7.88. The van der Waals surface area contributed by atoms with Crippen LogP contribution in [0.2, 0.25) is 0 Å². The monoisotopic (exact) mass is 457 g/mol. The fraction of sp³-hybridized carbons (Fsp3) is 0.375. The van der Waals surface area contributed by atoms with Gasteiger partial charge in [-0.05, 0) is 63.1 Å². The third-order valence-corrected chi connectivity index (χ3v) is 4.31. The number of aryl methyl sites for hydroxylation is 1. The Hall–Kier alpha value is -3.75. The molecule has 0 heterocycles. The maximum atomic E-state index is 12.4. The first-order valence-electron chi connectivity index (χ1n) is 10.5. The maximum absolute atomic E-state index is 12.4. The molecular formula is C24H31N3O6. The van der Waals surface area contributed by atoms with Gasteiger partial charge < -0.3 is 30.2 Å². The van der Waals surface area contributed by atoms with Gasteiger partial charge in [-0.3, -0.25) is 9.59 Å². The van der Waals surface area contributed by atoms with Gasteiger partial charge in [0.1, 0.15) is 12.1 Å². The summed E-state index contributed by atoms with van der Waals surface area (Å²) in [4.78, 5) is 36.1. The molecule has 0 aliphatic rings. The van der Waals surface area contributed by atoms with Crippen molar-refractivity contribution >= 4 is 29.3 Å². The number of anilines is 2. The highest BCUT2D eigenvalue weighted by atomic mass is 16.6. The van der Waals surface area contributed by atoms with Crippen molar-refractivity contribution in [1.82, 2.24) is 5.32 Å². The zero-order valence-corrected chi connectivity index (χ0v) is 19.6. The Bertz CT molecular complexity index is 984. The van der Waals surface area contributed by atoms with E-state index in [0.29, 0.717) is 29.3 Å². The summed E-state index contributed by atoms with van der Waals surface area (Å²) in [6, 6.07) is 12.3. The number of ether oxygens (including phenoxy) is 3. The summed E-state index contributed by atoms with van der Waals surface area (Å²) < 4.78 is 15.6. The first kappa shape index (κ1) is 25.5. The van der Waals surface area contributed by atoms with E-state index in [4.69, 9.17) is 14.2 Å². The van der Waals surface area contributed by atoms with Crippen LogP contribution in [0, 0.1) is 0 Å².